The molecule has 2 nitrogen and oxygen atoms in total. The third kappa shape index (κ3) is 2.60. The molecule has 1 rings (SSSR count). The molecule has 1 aromatic rings. The van der Waals surface area contributed by atoms with E-state index in [-0.39, 0.29) is 17.9 Å². The highest BCUT2D eigenvalue weighted by Gasteiger charge is 2.03. The first kappa shape index (κ1) is 10.3. The molecule has 0 aliphatic rings. The Morgan fingerprint density at radius 1 is 1.64 bits per heavy atom. The summed E-state index contributed by atoms with van der Waals surface area (Å²) in [5.41, 5.74) is 1.10. The van der Waals surface area contributed by atoms with Crippen LogP contribution in [0.3, 0.4) is 0 Å². The van der Waals surface area contributed by atoms with Crippen molar-refractivity contribution in [1.29, 1.82) is 5.26 Å². The highest BCUT2D eigenvalue weighted by molar-refractivity contribution is 5.36. The average Bonchev–Trinajstić information content (AvgIpc) is 2.15. The fourth-order valence-electron chi connectivity index (χ4n) is 0.888. The third-order valence-corrected chi connectivity index (χ3v) is 1.54. The van der Waals surface area contributed by atoms with Gasteiger partial charge in [-0.3, -0.25) is 0 Å². The van der Waals surface area contributed by atoms with Crippen molar-refractivity contribution in [2.24, 2.45) is 0 Å². The van der Waals surface area contributed by atoms with Gasteiger partial charge in [0.25, 0.3) is 0 Å². The quantitative estimate of drug-likeness (QED) is 0.688. The third-order valence-electron chi connectivity index (χ3n) is 1.54. The van der Waals surface area contributed by atoms with Crippen molar-refractivity contribution in [2.75, 3.05) is 6.61 Å². The molecule has 0 heterocycles. The Balaban J connectivity index is 2.80. The molecule has 1 aromatic carbocycles. The highest BCUT2D eigenvalue weighted by atomic mass is 19.1. The van der Waals surface area contributed by atoms with Crippen LogP contribution >= 0.6 is 0 Å². The molecule has 0 fully saturated rings. The minimum absolute atomic E-state index is 0.145. The largest absolute Gasteiger partial charge is 0.486 e. The summed E-state index contributed by atoms with van der Waals surface area (Å²) >= 11 is 0. The lowest BCUT2D eigenvalue weighted by molar-refractivity contribution is 0.332. The fraction of sp³-hybridized carbons (Fsp3) is 0.182. The lowest BCUT2D eigenvalue weighted by Gasteiger charge is -2.06. The molecule has 0 N–H and O–H groups in total. The fourth-order valence-corrected chi connectivity index (χ4v) is 0.888. The second-order valence-corrected chi connectivity index (χ2v) is 3.00. The van der Waals surface area contributed by atoms with Crippen LogP contribution in [0.5, 0.6) is 5.75 Å². The number of halogens is 1. The lowest BCUT2D eigenvalue weighted by Crippen LogP contribution is -1.99. The minimum Gasteiger partial charge on any atom is -0.486 e. The summed E-state index contributed by atoms with van der Waals surface area (Å²) in [4.78, 5) is 0. The molecule has 0 spiro atoms. The summed E-state index contributed by atoms with van der Waals surface area (Å²) in [7, 11) is 0. The molecule has 0 unspecified atom stereocenters. The van der Waals surface area contributed by atoms with E-state index >= 15 is 0 Å². The van der Waals surface area contributed by atoms with Gasteiger partial charge in [-0.05, 0) is 30.7 Å². The van der Waals surface area contributed by atoms with Crippen LogP contribution in [0.1, 0.15) is 12.5 Å². The SMILES string of the molecule is C=C(C)COc1ccc(C#N)cc1F. The van der Waals surface area contributed by atoms with Crippen LogP contribution in [-0.4, -0.2) is 6.61 Å². The van der Waals surface area contributed by atoms with Crippen LogP contribution in [-0.2, 0) is 0 Å². The van der Waals surface area contributed by atoms with E-state index in [2.05, 4.69) is 6.58 Å². The Morgan fingerprint density at radius 3 is 2.86 bits per heavy atom. The second-order valence-electron chi connectivity index (χ2n) is 3.00. The molecule has 72 valence electrons. The van der Waals surface area contributed by atoms with E-state index in [1.165, 1.54) is 12.1 Å². The van der Waals surface area contributed by atoms with Crippen LogP contribution < -0.4 is 4.74 Å². The zero-order chi connectivity index (χ0) is 10.6. The molecule has 0 saturated carbocycles. The Bertz CT molecular complexity index is 393. The predicted molar refractivity (Wildman–Crippen MR) is 51.4 cm³/mol. The summed E-state index contributed by atoms with van der Waals surface area (Å²) in [6, 6.07) is 5.95. The van der Waals surface area contributed by atoms with Gasteiger partial charge in [-0.2, -0.15) is 5.26 Å². The van der Waals surface area contributed by atoms with Gasteiger partial charge in [0.1, 0.15) is 6.61 Å². The zero-order valence-corrected chi connectivity index (χ0v) is 7.88. The lowest BCUT2D eigenvalue weighted by atomic mass is 10.2. The smallest absolute Gasteiger partial charge is 0.166 e. The van der Waals surface area contributed by atoms with Gasteiger partial charge in [0.2, 0.25) is 0 Å². The molecule has 0 aromatic heterocycles. The van der Waals surface area contributed by atoms with E-state index in [0.29, 0.717) is 0 Å². The summed E-state index contributed by atoms with van der Waals surface area (Å²) in [5.74, 6) is -0.377. The van der Waals surface area contributed by atoms with E-state index < -0.39 is 5.82 Å². The molecule has 0 aliphatic carbocycles. The highest BCUT2D eigenvalue weighted by Crippen LogP contribution is 2.18. The van der Waals surface area contributed by atoms with Crippen LogP contribution in [0.25, 0.3) is 0 Å². The predicted octanol–water partition coefficient (Wildman–Crippen LogP) is 2.65. The number of ether oxygens (including phenoxy) is 1. The summed E-state index contributed by atoms with van der Waals surface area (Å²) < 4.78 is 18.3. The van der Waals surface area contributed by atoms with Crippen LogP contribution in [0.2, 0.25) is 0 Å². The summed E-state index contributed by atoms with van der Waals surface area (Å²) in [6.07, 6.45) is 0. The van der Waals surface area contributed by atoms with Gasteiger partial charge in [0.05, 0.1) is 11.6 Å². The summed E-state index contributed by atoms with van der Waals surface area (Å²) in [5, 5.41) is 8.50. The van der Waals surface area contributed by atoms with E-state index in [4.69, 9.17) is 10.00 Å². The van der Waals surface area contributed by atoms with Gasteiger partial charge in [0.15, 0.2) is 11.6 Å². The number of nitrogens with zero attached hydrogens (tertiary/aromatic N) is 1. The minimum atomic E-state index is -0.523. The molecule has 0 bridgehead atoms. The van der Waals surface area contributed by atoms with Crippen molar-refractivity contribution in [2.45, 2.75) is 6.92 Å². The van der Waals surface area contributed by atoms with E-state index in [1.54, 1.807) is 6.92 Å². The Kier molecular flexibility index (Phi) is 3.24. The monoisotopic (exact) mass is 191 g/mol. The van der Waals surface area contributed by atoms with Crippen LogP contribution in [0.15, 0.2) is 30.4 Å². The van der Waals surface area contributed by atoms with Gasteiger partial charge < -0.3 is 4.74 Å². The summed E-state index contributed by atoms with van der Waals surface area (Å²) in [6.45, 7) is 5.71. The Morgan fingerprint density at radius 2 is 2.36 bits per heavy atom. The first-order valence-corrected chi connectivity index (χ1v) is 4.10. The maximum atomic E-state index is 13.2. The van der Waals surface area contributed by atoms with Gasteiger partial charge >= 0.3 is 0 Å². The van der Waals surface area contributed by atoms with Crippen molar-refractivity contribution in [1.82, 2.24) is 0 Å². The van der Waals surface area contributed by atoms with E-state index in [1.807, 2.05) is 6.07 Å². The average molecular weight is 191 g/mol. The molecule has 0 aliphatic heterocycles. The Hall–Kier alpha value is -1.82. The topological polar surface area (TPSA) is 33.0 Å². The second kappa shape index (κ2) is 4.43. The number of hydrogen-bond acceptors (Lipinski definition) is 2. The van der Waals surface area contributed by atoms with Gasteiger partial charge in [0, 0.05) is 0 Å². The van der Waals surface area contributed by atoms with E-state index in [0.717, 1.165) is 11.6 Å². The van der Waals surface area contributed by atoms with Gasteiger partial charge in [-0.25, -0.2) is 4.39 Å². The number of rotatable bonds is 3. The number of nitriles is 1. The van der Waals surface area contributed by atoms with Gasteiger partial charge in [-0.15, -0.1) is 0 Å². The maximum absolute atomic E-state index is 13.2. The van der Waals surface area contributed by atoms with E-state index in [9.17, 15) is 4.39 Å². The first-order valence-electron chi connectivity index (χ1n) is 4.10. The molecule has 0 saturated heterocycles. The van der Waals surface area contributed by atoms with Crippen LogP contribution in [0, 0.1) is 17.1 Å². The molecular weight excluding hydrogens is 181 g/mol. The Labute approximate surface area is 82.2 Å². The molecule has 3 heteroatoms. The van der Waals surface area contributed by atoms with Crippen molar-refractivity contribution >= 4 is 0 Å². The molecule has 0 amide bonds. The van der Waals surface area contributed by atoms with Crippen molar-refractivity contribution < 1.29 is 9.13 Å². The zero-order valence-electron chi connectivity index (χ0n) is 7.88. The molecule has 0 radical (unpaired) electrons. The van der Waals surface area contributed by atoms with Crippen molar-refractivity contribution in [3.63, 3.8) is 0 Å². The van der Waals surface area contributed by atoms with Gasteiger partial charge in [-0.1, -0.05) is 6.58 Å². The molecular formula is C11H10FNO. The normalized spacial score (nSPS) is 9.21. The first-order chi connectivity index (χ1) is 6.63. The van der Waals surface area contributed by atoms with Crippen molar-refractivity contribution in [3.05, 3.63) is 41.7 Å². The number of benzene rings is 1. The maximum Gasteiger partial charge on any atom is 0.166 e. The van der Waals surface area contributed by atoms with Crippen molar-refractivity contribution in [3.8, 4) is 11.8 Å². The molecule has 14 heavy (non-hydrogen) atoms. The standard InChI is InChI=1S/C11H10FNO/c1-8(2)7-14-11-4-3-9(6-13)5-10(11)12/h3-5H,1,7H2,2H3. The van der Waals surface area contributed by atoms with Crippen LogP contribution in [0.4, 0.5) is 4.39 Å². The number of hydrogen-bond donors (Lipinski definition) is 0. The molecule has 0 atom stereocenters.